The van der Waals surface area contributed by atoms with Gasteiger partial charge in [-0.1, -0.05) is 6.07 Å². The lowest BCUT2D eigenvalue weighted by Gasteiger charge is -2.02. The number of carboxylic acid groups (broad SMARTS) is 1. The lowest BCUT2D eigenvalue weighted by Crippen LogP contribution is -2.02. The van der Waals surface area contributed by atoms with Crippen LogP contribution in [0.25, 0.3) is 0 Å². The molecule has 3 nitrogen and oxygen atoms in total. The van der Waals surface area contributed by atoms with Crippen LogP contribution in [0.5, 0.6) is 0 Å². The van der Waals surface area contributed by atoms with Crippen LogP contribution in [0, 0.1) is 18.3 Å². The van der Waals surface area contributed by atoms with Gasteiger partial charge in [0, 0.05) is 0 Å². The Labute approximate surface area is 76.2 Å². The molecule has 0 aliphatic rings. The molecule has 0 atom stereocenters. The molecule has 13 heavy (non-hydrogen) atoms. The molecule has 1 aromatic rings. The van der Waals surface area contributed by atoms with Gasteiger partial charge in [-0.3, -0.25) is 4.79 Å². The van der Waals surface area contributed by atoms with E-state index in [1.807, 2.05) is 13.0 Å². The summed E-state index contributed by atoms with van der Waals surface area (Å²) in [4.78, 5) is 10.4. The Kier molecular flexibility index (Phi) is 2.65. The van der Waals surface area contributed by atoms with E-state index in [0.717, 1.165) is 5.56 Å². The summed E-state index contributed by atoms with van der Waals surface area (Å²) in [5.41, 5.74) is 2.11. The number of benzene rings is 1. The molecule has 1 rings (SSSR count). The minimum absolute atomic E-state index is 0.0264. The second kappa shape index (κ2) is 3.72. The van der Waals surface area contributed by atoms with E-state index in [0.29, 0.717) is 11.1 Å². The third-order valence-corrected chi connectivity index (χ3v) is 1.82. The fraction of sp³-hybridized carbons (Fsp3) is 0.200. The largest absolute Gasteiger partial charge is 0.481 e. The van der Waals surface area contributed by atoms with Crippen molar-refractivity contribution in [1.82, 2.24) is 0 Å². The second-order valence-electron chi connectivity index (χ2n) is 2.82. The van der Waals surface area contributed by atoms with Crippen molar-refractivity contribution < 1.29 is 9.90 Å². The van der Waals surface area contributed by atoms with Gasteiger partial charge >= 0.3 is 5.97 Å². The molecule has 0 amide bonds. The zero-order valence-corrected chi connectivity index (χ0v) is 7.24. The van der Waals surface area contributed by atoms with Crippen molar-refractivity contribution in [2.45, 2.75) is 13.3 Å². The molecule has 0 aliphatic carbocycles. The van der Waals surface area contributed by atoms with Crippen molar-refractivity contribution in [1.29, 1.82) is 5.26 Å². The van der Waals surface area contributed by atoms with Gasteiger partial charge in [-0.25, -0.2) is 0 Å². The third-order valence-electron chi connectivity index (χ3n) is 1.82. The van der Waals surface area contributed by atoms with Gasteiger partial charge in [-0.15, -0.1) is 0 Å². The first-order chi connectivity index (χ1) is 6.13. The van der Waals surface area contributed by atoms with E-state index in [4.69, 9.17) is 10.4 Å². The first-order valence-electron chi connectivity index (χ1n) is 3.85. The fourth-order valence-corrected chi connectivity index (χ4v) is 1.09. The highest BCUT2D eigenvalue weighted by atomic mass is 16.4. The van der Waals surface area contributed by atoms with Gasteiger partial charge in [0.05, 0.1) is 18.1 Å². The van der Waals surface area contributed by atoms with Crippen LogP contribution in [0.1, 0.15) is 16.7 Å². The molecule has 0 unspecified atom stereocenters. The van der Waals surface area contributed by atoms with Crippen LogP contribution >= 0.6 is 0 Å². The molecule has 3 heteroatoms. The summed E-state index contributed by atoms with van der Waals surface area (Å²) in [6.07, 6.45) is -0.0264. The Morgan fingerprint density at radius 3 is 2.85 bits per heavy atom. The molecule has 0 aromatic heterocycles. The Morgan fingerprint density at radius 1 is 1.62 bits per heavy atom. The average molecular weight is 175 g/mol. The number of aryl methyl sites for hydroxylation is 1. The molecule has 0 heterocycles. The van der Waals surface area contributed by atoms with E-state index >= 15 is 0 Å². The Bertz CT molecular complexity index is 377. The maximum Gasteiger partial charge on any atom is 0.307 e. The highest BCUT2D eigenvalue weighted by Crippen LogP contribution is 2.11. The molecule has 0 radical (unpaired) electrons. The van der Waals surface area contributed by atoms with Gasteiger partial charge in [0.25, 0.3) is 0 Å². The Morgan fingerprint density at radius 2 is 2.31 bits per heavy atom. The molecule has 1 N–H and O–H groups in total. The summed E-state index contributed by atoms with van der Waals surface area (Å²) in [6.45, 7) is 1.83. The molecule has 66 valence electrons. The van der Waals surface area contributed by atoms with Crippen molar-refractivity contribution in [3.63, 3.8) is 0 Å². The van der Waals surface area contributed by atoms with Crippen LogP contribution in [-0.2, 0) is 11.2 Å². The fourth-order valence-electron chi connectivity index (χ4n) is 1.09. The molecule has 1 aromatic carbocycles. The van der Waals surface area contributed by atoms with Gasteiger partial charge in [-0.05, 0) is 30.2 Å². The van der Waals surface area contributed by atoms with Crippen molar-refractivity contribution >= 4 is 5.97 Å². The number of carboxylic acids is 1. The highest BCUT2D eigenvalue weighted by molar-refractivity contribution is 5.71. The minimum Gasteiger partial charge on any atom is -0.481 e. The van der Waals surface area contributed by atoms with Crippen molar-refractivity contribution in [2.24, 2.45) is 0 Å². The smallest absolute Gasteiger partial charge is 0.307 e. The van der Waals surface area contributed by atoms with Gasteiger partial charge in [0.2, 0.25) is 0 Å². The summed E-state index contributed by atoms with van der Waals surface area (Å²) in [5, 5.41) is 17.2. The zero-order valence-electron chi connectivity index (χ0n) is 7.24. The molecule has 0 saturated heterocycles. The zero-order chi connectivity index (χ0) is 9.84. The van der Waals surface area contributed by atoms with E-state index in [2.05, 4.69) is 0 Å². The van der Waals surface area contributed by atoms with Gasteiger partial charge in [-0.2, -0.15) is 5.26 Å². The van der Waals surface area contributed by atoms with Crippen LogP contribution in [-0.4, -0.2) is 11.1 Å². The van der Waals surface area contributed by atoms with Crippen LogP contribution in [0.4, 0.5) is 0 Å². The van der Waals surface area contributed by atoms with Crippen LogP contribution in [0.3, 0.4) is 0 Å². The molecule has 0 aliphatic heterocycles. The number of nitrogens with zero attached hydrogens (tertiary/aromatic N) is 1. The van der Waals surface area contributed by atoms with Crippen LogP contribution in [0.2, 0.25) is 0 Å². The van der Waals surface area contributed by atoms with Gasteiger partial charge in [0.1, 0.15) is 0 Å². The van der Waals surface area contributed by atoms with Crippen LogP contribution in [0.15, 0.2) is 18.2 Å². The Hall–Kier alpha value is -1.82. The monoisotopic (exact) mass is 175 g/mol. The quantitative estimate of drug-likeness (QED) is 0.740. The average Bonchev–Trinajstić information content (AvgIpc) is 2.08. The topological polar surface area (TPSA) is 61.1 Å². The summed E-state index contributed by atoms with van der Waals surface area (Å²) < 4.78 is 0. The van der Waals surface area contributed by atoms with Gasteiger partial charge in [0.15, 0.2) is 0 Å². The summed E-state index contributed by atoms with van der Waals surface area (Å²) in [7, 11) is 0. The predicted molar refractivity (Wildman–Crippen MR) is 47.2 cm³/mol. The van der Waals surface area contributed by atoms with E-state index < -0.39 is 5.97 Å². The minimum atomic E-state index is -0.877. The molecular formula is C10H9NO2. The summed E-state index contributed by atoms with van der Waals surface area (Å²) >= 11 is 0. The standard InChI is InChI=1S/C10H9NO2/c1-7-2-3-8(6-11)4-9(7)5-10(12)13/h2-4H,5H2,1H3,(H,12,13). The normalized spacial score (nSPS) is 9.23. The van der Waals surface area contributed by atoms with Crippen molar-refractivity contribution in [3.05, 3.63) is 34.9 Å². The van der Waals surface area contributed by atoms with E-state index in [1.165, 1.54) is 0 Å². The number of hydrogen-bond donors (Lipinski definition) is 1. The lowest BCUT2D eigenvalue weighted by atomic mass is 10.0. The van der Waals surface area contributed by atoms with Gasteiger partial charge < -0.3 is 5.11 Å². The number of nitriles is 1. The molecule has 0 spiro atoms. The van der Waals surface area contributed by atoms with Crippen LogP contribution < -0.4 is 0 Å². The number of hydrogen-bond acceptors (Lipinski definition) is 2. The van der Waals surface area contributed by atoms with E-state index in [9.17, 15) is 4.79 Å². The maximum absolute atomic E-state index is 10.4. The first kappa shape index (κ1) is 9.27. The third kappa shape index (κ3) is 2.31. The number of rotatable bonds is 2. The SMILES string of the molecule is Cc1ccc(C#N)cc1CC(=O)O. The maximum atomic E-state index is 10.4. The summed E-state index contributed by atoms with van der Waals surface area (Å²) in [5.74, 6) is -0.877. The summed E-state index contributed by atoms with van der Waals surface area (Å²) in [6, 6.07) is 7.03. The highest BCUT2D eigenvalue weighted by Gasteiger charge is 2.04. The van der Waals surface area contributed by atoms with E-state index in [-0.39, 0.29) is 6.42 Å². The van der Waals surface area contributed by atoms with Crippen molar-refractivity contribution in [3.8, 4) is 6.07 Å². The lowest BCUT2D eigenvalue weighted by molar-refractivity contribution is -0.136. The second-order valence-corrected chi connectivity index (χ2v) is 2.82. The van der Waals surface area contributed by atoms with Crippen molar-refractivity contribution in [2.75, 3.05) is 0 Å². The van der Waals surface area contributed by atoms with E-state index in [1.54, 1.807) is 18.2 Å². The molecule has 0 fully saturated rings. The number of carbonyl (C=O) groups is 1. The predicted octanol–water partition coefficient (Wildman–Crippen LogP) is 1.49. The first-order valence-corrected chi connectivity index (χ1v) is 3.85. The number of aliphatic carboxylic acids is 1. The molecular weight excluding hydrogens is 166 g/mol. The molecule has 0 saturated carbocycles. The molecule has 0 bridgehead atoms. The Balaban J connectivity index is 3.05.